The first-order valence-corrected chi connectivity index (χ1v) is 8.91. The summed E-state index contributed by atoms with van der Waals surface area (Å²) in [5.74, 6) is 2.15. The Bertz CT molecular complexity index is 855. The number of halogens is 1. The Balaban J connectivity index is 1.46. The van der Waals surface area contributed by atoms with Gasteiger partial charge >= 0.3 is 0 Å². The minimum atomic E-state index is -0.178. The van der Waals surface area contributed by atoms with E-state index >= 15 is 0 Å². The Morgan fingerprint density at radius 1 is 0.889 bits per heavy atom. The molecule has 0 saturated heterocycles. The number of aromatic nitrogens is 2. The molecule has 140 valence electrons. The molecule has 0 aliphatic rings. The number of anilines is 2. The molecule has 0 saturated carbocycles. The molecule has 0 aliphatic carbocycles. The average Bonchev–Trinajstić information content (AvgIpc) is 2.70. The van der Waals surface area contributed by atoms with Crippen LogP contribution in [0.5, 0.6) is 5.75 Å². The molecule has 0 radical (unpaired) electrons. The van der Waals surface area contributed by atoms with Gasteiger partial charge in [0.05, 0.1) is 7.11 Å². The smallest absolute Gasteiger partial charge is 0.131 e. The largest absolute Gasteiger partial charge is 0.497 e. The number of nitrogens with zero attached hydrogens (tertiary/aromatic N) is 2. The standard InChI is InChI=1S/C21H23FN4O/c1-27-18-8-6-16(7-9-18)10-12-23-20-14-21(26-15-25-20)24-13-11-17-4-2-3-5-19(17)22/h2-9,14-15H,10-13H2,1H3,(H2,23,24,25,26). The van der Waals surface area contributed by atoms with E-state index in [1.807, 2.05) is 24.3 Å². The van der Waals surface area contributed by atoms with Crippen LogP contribution in [-0.4, -0.2) is 30.2 Å². The number of ether oxygens (including phenoxy) is 1. The van der Waals surface area contributed by atoms with Crippen molar-refractivity contribution in [1.82, 2.24) is 9.97 Å². The van der Waals surface area contributed by atoms with E-state index in [9.17, 15) is 4.39 Å². The van der Waals surface area contributed by atoms with Crippen LogP contribution in [0.15, 0.2) is 60.9 Å². The lowest BCUT2D eigenvalue weighted by Crippen LogP contribution is -2.10. The van der Waals surface area contributed by atoms with Gasteiger partial charge in [-0.15, -0.1) is 0 Å². The molecule has 6 heteroatoms. The van der Waals surface area contributed by atoms with Crippen LogP contribution in [0.2, 0.25) is 0 Å². The zero-order valence-electron chi connectivity index (χ0n) is 15.3. The summed E-state index contributed by atoms with van der Waals surface area (Å²) in [6.45, 7) is 1.36. The van der Waals surface area contributed by atoms with Gasteiger partial charge in [-0.3, -0.25) is 0 Å². The van der Waals surface area contributed by atoms with E-state index in [0.29, 0.717) is 24.3 Å². The van der Waals surface area contributed by atoms with Crippen molar-refractivity contribution in [3.05, 3.63) is 77.9 Å². The monoisotopic (exact) mass is 366 g/mol. The summed E-state index contributed by atoms with van der Waals surface area (Å²) in [5, 5.41) is 6.51. The highest BCUT2D eigenvalue weighted by Gasteiger charge is 2.02. The van der Waals surface area contributed by atoms with Crippen molar-refractivity contribution < 1.29 is 9.13 Å². The summed E-state index contributed by atoms with van der Waals surface area (Å²) in [7, 11) is 1.66. The van der Waals surface area contributed by atoms with E-state index in [1.165, 1.54) is 18.0 Å². The fourth-order valence-corrected chi connectivity index (χ4v) is 2.70. The topological polar surface area (TPSA) is 59.1 Å². The Labute approximate surface area is 158 Å². The van der Waals surface area contributed by atoms with Gasteiger partial charge in [0.15, 0.2) is 0 Å². The lowest BCUT2D eigenvalue weighted by atomic mass is 10.1. The van der Waals surface area contributed by atoms with Crippen molar-refractivity contribution in [2.75, 3.05) is 30.8 Å². The Kier molecular flexibility index (Phi) is 6.57. The van der Waals surface area contributed by atoms with Gasteiger partial charge in [-0.1, -0.05) is 30.3 Å². The van der Waals surface area contributed by atoms with Gasteiger partial charge in [-0.25, -0.2) is 14.4 Å². The number of rotatable bonds is 9. The van der Waals surface area contributed by atoms with E-state index in [0.717, 1.165) is 24.5 Å². The van der Waals surface area contributed by atoms with Crippen LogP contribution in [0.3, 0.4) is 0 Å². The van der Waals surface area contributed by atoms with Crippen LogP contribution in [0.25, 0.3) is 0 Å². The fourth-order valence-electron chi connectivity index (χ4n) is 2.70. The highest BCUT2D eigenvalue weighted by molar-refractivity contribution is 5.46. The van der Waals surface area contributed by atoms with Gasteiger partial charge in [0, 0.05) is 19.2 Å². The van der Waals surface area contributed by atoms with Crippen LogP contribution in [0.1, 0.15) is 11.1 Å². The maximum atomic E-state index is 13.6. The second-order valence-corrected chi connectivity index (χ2v) is 6.08. The molecule has 27 heavy (non-hydrogen) atoms. The maximum Gasteiger partial charge on any atom is 0.131 e. The molecule has 2 aromatic carbocycles. The maximum absolute atomic E-state index is 13.6. The molecular formula is C21H23FN4O. The summed E-state index contributed by atoms with van der Waals surface area (Å²) in [6, 6.07) is 16.7. The Hall–Kier alpha value is -3.15. The SMILES string of the molecule is COc1ccc(CCNc2cc(NCCc3ccccc3F)ncn2)cc1. The lowest BCUT2D eigenvalue weighted by molar-refractivity contribution is 0.414. The number of benzene rings is 2. The Morgan fingerprint density at radius 3 is 2.22 bits per heavy atom. The minimum Gasteiger partial charge on any atom is -0.497 e. The van der Waals surface area contributed by atoms with Crippen molar-refractivity contribution in [3.8, 4) is 5.75 Å². The molecule has 0 fully saturated rings. The molecule has 2 N–H and O–H groups in total. The predicted octanol–water partition coefficient (Wildman–Crippen LogP) is 3.93. The number of hydrogen-bond acceptors (Lipinski definition) is 5. The molecule has 0 bridgehead atoms. The third kappa shape index (κ3) is 5.67. The normalized spacial score (nSPS) is 10.4. The summed E-state index contributed by atoms with van der Waals surface area (Å²) in [4.78, 5) is 8.44. The van der Waals surface area contributed by atoms with Gasteiger partial charge < -0.3 is 15.4 Å². The number of methoxy groups -OCH3 is 1. The summed E-state index contributed by atoms with van der Waals surface area (Å²) >= 11 is 0. The van der Waals surface area contributed by atoms with Gasteiger partial charge in [0.2, 0.25) is 0 Å². The van der Waals surface area contributed by atoms with E-state index < -0.39 is 0 Å². The zero-order chi connectivity index (χ0) is 18.9. The molecular weight excluding hydrogens is 343 g/mol. The molecule has 0 amide bonds. The number of hydrogen-bond donors (Lipinski definition) is 2. The van der Waals surface area contributed by atoms with Crippen LogP contribution >= 0.6 is 0 Å². The summed E-state index contributed by atoms with van der Waals surface area (Å²) in [6.07, 6.45) is 2.99. The van der Waals surface area contributed by atoms with E-state index in [-0.39, 0.29) is 5.82 Å². The van der Waals surface area contributed by atoms with Crippen molar-refractivity contribution in [3.63, 3.8) is 0 Å². The zero-order valence-corrected chi connectivity index (χ0v) is 15.3. The van der Waals surface area contributed by atoms with Gasteiger partial charge in [0.1, 0.15) is 29.5 Å². The number of nitrogens with one attached hydrogen (secondary N) is 2. The predicted molar refractivity (Wildman–Crippen MR) is 106 cm³/mol. The van der Waals surface area contributed by atoms with Crippen LogP contribution < -0.4 is 15.4 Å². The van der Waals surface area contributed by atoms with Crippen LogP contribution in [0.4, 0.5) is 16.0 Å². The average molecular weight is 366 g/mol. The van der Waals surface area contributed by atoms with Gasteiger partial charge in [0.25, 0.3) is 0 Å². The second kappa shape index (κ2) is 9.52. The quantitative estimate of drug-likeness (QED) is 0.601. The molecule has 3 rings (SSSR count). The van der Waals surface area contributed by atoms with Crippen molar-refractivity contribution in [2.45, 2.75) is 12.8 Å². The third-order valence-corrected chi connectivity index (χ3v) is 4.20. The highest BCUT2D eigenvalue weighted by Crippen LogP contribution is 2.13. The van der Waals surface area contributed by atoms with Crippen molar-refractivity contribution >= 4 is 11.6 Å². The van der Waals surface area contributed by atoms with Crippen LogP contribution in [0, 0.1) is 5.82 Å². The Morgan fingerprint density at radius 2 is 1.56 bits per heavy atom. The molecule has 0 atom stereocenters. The molecule has 0 spiro atoms. The molecule has 3 aromatic rings. The lowest BCUT2D eigenvalue weighted by Gasteiger charge is -2.09. The summed E-state index contributed by atoms with van der Waals surface area (Å²) < 4.78 is 18.8. The first kappa shape index (κ1) is 18.6. The molecule has 0 aliphatic heterocycles. The first-order chi connectivity index (χ1) is 13.2. The third-order valence-electron chi connectivity index (χ3n) is 4.20. The van der Waals surface area contributed by atoms with Crippen molar-refractivity contribution in [1.29, 1.82) is 0 Å². The van der Waals surface area contributed by atoms with E-state index in [1.54, 1.807) is 19.2 Å². The first-order valence-electron chi connectivity index (χ1n) is 8.91. The molecule has 1 heterocycles. The van der Waals surface area contributed by atoms with Gasteiger partial charge in [-0.05, 0) is 42.2 Å². The highest BCUT2D eigenvalue weighted by atomic mass is 19.1. The van der Waals surface area contributed by atoms with Gasteiger partial charge in [-0.2, -0.15) is 0 Å². The molecule has 1 aromatic heterocycles. The second-order valence-electron chi connectivity index (χ2n) is 6.08. The minimum absolute atomic E-state index is 0.178. The van der Waals surface area contributed by atoms with Crippen LogP contribution in [-0.2, 0) is 12.8 Å². The summed E-state index contributed by atoms with van der Waals surface area (Å²) in [5.41, 5.74) is 1.91. The van der Waals surface area contributed by atoms with Crippen molar-refractivity contribution in [2.24, 2.45) is 0 Å². The van der Waals surface area contributed by atoms with E-state index in [2.05, 4.69) is 32.7 Å². The molecule has 5 nitrogen and oxygen atoms in total. The molecule has 0 unspecified atom stereocenters. The fraction of sp³-hybridized carbons (Fsp3) is 0.238. The van der Waals surface area contributed by atoms with E-state index in [4.69, 9.17) is 4.74 Å².